The molecule has 0 fully saturated rings. The third kappa shape index (κ3) is 3.33. The lowest BCUT2D eigenvalue weighted by Gasteiger charge is -2.21. The van der Waals surface area contributed by atoms with E-state index in [9.17, 15) is 0 Å². The molecular weight excluding hydrogens is 330 g/mol. The van der Waals surface area contributed by atoms with E-state index in [2.05, 4.69) is 73.2 Å². The topological polar surface area (TPSA) is 12.0 Å². The predicted molar refractivity (Wildman–Crippen MR) is 92.8 cm³/mol. The normalized spacial score (nSPS) is 12.7. The van der Waals surface area contributed by atoms with Gasteiger partial charge in [0.25, 0.3) is 0 Å². The molecule has 1 unspecified atom stereocenters. The Morgan fingerprint density at radius 3 is 2.60 bits per heavy atom. The number of thiophene rings is 1. The van der Waals surface area contributed by atoms with Crippen LogP contribution >= 0.6 is 27.3 Å². The molecule has 1 aromatic carbocycles. The molecule has 1 nitrogen and oxygen atoms in total. The highest BCUT2D eigenvalue weighted by Gasteiger charge is 2.20. The van der Waals surface area contributed by atoms with Gasteiger partial charge in [0.2, 0.25) is 0 Å². The third-order valence-electron chi connectivity index (χ3n) is 3.65. The summed E-state index contributed by atoms with van der Waals surface area (Å²) in [5.74, 6) is 0. The summed E-state index contributed by atoms with van der Waals surface area (Å²) in [6, 6.07) is 9.09. The maximum atomic E-state index is 3.72. The van der Waals surface area contributed by atoms with Gasteiger partial charge in [-0.3, -0.25) is 0 Å². The van der Waals surface area contributed by atoms with Crippen molar-refractivity contribution in [1.82, 2.24) is 5.32 Å². The standard InChI is InChI=1S/C17H22BrNS/c1-5-9-19-16(17-15(18)10-12(3)20-17)14-8-6-7-11(2)13(14)4/h6-8,10,16,19H,5,9H2,1-4H3. The van der Waals surface area contributed by atoms with Gasteiger partial charge in [0, 0.05) is 14.2 Å². The van der Waals surface area contributed by atoms with Gasteiger partial charge in [0.15, 0.2) is 0 Å². The van der Waals surface area contributed by atoms with Crippen LogP contribution in [0.4, 0.5) is 0 Å². The Bertz CT molecular complexity index is 589. The SMILES string of the molecule is CCCNC(c1cccc(C)c1C)c1sc(C)cc1Br. The zero-order valence-electron chi connectivity index (χ0n) is 12.6. The summed E-state index contributed by atoms with van der Waals surface area (Å²) in [5, 5.41) is 3.70. The van der Waals surface area contributed by atoms with E-state index in [4.69, 9.17) is 0 Å². The molecule has 1 heterocycles. The highest BCUT2D eigenvalue weighted by atomic mass is 79.9. The van der Waals surface area contributed by atoms with Crippen molar-refractivity contribution in [2.24, 2.45) is 0 Å². The smallest absolute Gasteiger partial charge is 0.0685 e. The van der Waals surface area contributed by atoms with Crippen LogP contribution in [0.3, 0.4) is 0 Å². The van der Waals surface area contributed by atoms with Crippen LogP contribution in [0.15, 0.2) is 28.7 Å². The van der Waals surface area contributed by atoms with Crippen LogP contribution in [0, 0.1) is 20.8 Å². The molecule has 108 valence electrons. The first-order valence-corrected chi connectivity index (χ1v) is 8.70. The minimum absolute atomic E-state index is 0.280. The van der Waals surface area contributed by atoms with Crippen LogP contribution in [0.5, 0.6) is 0 Å². The first-order valence-electron chi connectivity index (χ1n) is 7.10. The Labute approximate surface area is 134 Å². The van der Waals surface area contributed by atoms with Crippen LogP contribution in [0.25, 0.3) is 0 Å². The minimum Gasteiger partial charge on any atom is -0.306 e. The quantitative estimate of drug-likeness (QED) is 0.747. The van der Waals surface area contributed by atoms with Crippen LogP contribution in [-0.2, 0) is 0 Å². The zero-order valence-corrected chi connectivity index (χ0v) is 15.0. The highest BCUT2D eigenvalue weighted by Crippen LogP contribution is 2.37. The van der Waals surface area contributed by atoms with Crippen LogP contribution in [-0.4, -0.2) is 6.54 Å². The Hall–Kier alpha value is -0.640. The Morgan fingerprint density at radius 2 is 2.00 bits per heavy atom. The number of aryl methyl sites for hydroxylation is 2. The van der Waals surface area contributed by atoms with Crippen molar-refractivity contribution >= 4 is 27.3 Å². The van der Waals surface area contributed by atoms with Gasteiger partial charge in [-0.15, -0.1) is 11.3 Å². The minimum atomic E-state index is 0.280. The van der Waals surface area contributed by atoms with E-state index in [0.717, 1.165) is 13.0 Å². The first-order chi connectivity index (χ1) is 9.54. The summed E-state index contributed by atoms with van der Waals surface area (Å²) in [6.07, 6.45) is 1.14. The van der Waals surface area contributed by atoms with Crippen molar-refractivity contribution in [3.63, 3.8) is 0 Å². The second kappa shape index (κ2) is 6.88. The van der Waals surface area contributed by atoms with Gasteiger partial charge in [-0.25, -0.2) is 0 Å². The molecular formula is C17H22BrNS. The first kappa shape index (κ1) is 15.7. The molecule has 1 atom stereocenters. The summed E-state index contributed by atoms with van der Waals surface area (Å²) in [4.78, 5) is 2.73. The molecule has 0 aliphatic carbocycles. The summed E-state index contributed by atoms with van der Waals surface area (Å²) in [6.45, 7) is 9.81. The fourth-order valence-corrected chi connectivity index (χ4v) is 4.39. The fourth-order valence-electron chi connectivity index (χ4n) is 2.42. The lowest BCUT2D eigenvalue weighted by molar-refractivity contribution is 0.602. The van der Waals surface area contributed by atoms with E-state index in [1.165, 1.54) is 30.9 Å². The number of hydrogen-bond donors (Lipinski definition) is 1. The molecule has 3 heteroatoms. The Balaban J connectivity index is 2.47. The monoisotopic (exact) mass is 351 g/mol. The van der Waals surface area contributed by atoms with Crippen LogP contribution in [0.2, 0.25) is 0 Å². The lowest BCUT2D eigenvalue weighted by atomic mass is 9.96. The molecule has 0 aliphatic heterocycles. The van der Waals surface area contributed by atoms with Crippen molar-refractivity contribution < 1.29 is 0 Å². The van der Waals surface area contributed by atoms with Gasteiger partial charge in [-0.05, 0) is 72.4 Å². The van der Waals surface area contributed by atoms with Crippen molar-refractivity contribution in [1.29, 1.82) is 0 Å². The summed E-state index contributed by atoms with van der Waals surface area (Å²) >= 11 is 5.59. The molecule has 0 aliphatic rings. The fraction of sp³-hybridized carbons (Fsp3) is 0.412. The molecule has 0 saturated carbocycles. The number of benzene rings is 1. The Kier molecular flexibility index (Phi) is 5.42. The summed E-state index contributed by atoms with van der Waals surface area (Å²) in [5.41, 5.74) is 4.13. The number of nitrogens with one attached hydrogen (secondary N) is 1. The number of halogens is 1. The second-order valence-electron chi connectivity index (χ2n) is 5.25. The predicted octanol–water partition coefficient (Wildman–Crippen LogP) is 5.52. The number of rotatable bonds is 5. The van der Waals surface area contributed by atoms with Gasteiger partial charge in [0.1, 0.15) is 0 Å². The third-order valence-corrected chi connectivity index (χ3v) is 5.69. The van der Waals surface area contributed by atoms with Crippen molar-refractivity contribution in [3.8, 4) is 0 Å². The number of hydrogen-bond acceptors (Lipinski definition) is 2. The molecule has 0 saturated heterocycles. The van der Waals surface area contributed by atoms with E-state index in [-0.39, 0.29) is 6.04 Å². The maximum Gasteiger partial charge on any atom is 0.0685 e. The van der Waals surface area contributed by atoms with E-state index in [1.807, 2.05) is 11.3 Å². The van der Waals surface area contributed by atoms with E-state index in [1.54, 1.807) is 0 Å². The van der Waals surface area contributed by atoms with Crippen molar-refractivity contribution in [3.05, 3.63) is 55.2 Å². The van der Waals surface area contributed by atoms with Gasteiger partial charge < -0.3 is 5.32 Å². The highest BCUT2D eigenvalue weighted by molar-refractivity contribution is 9.10. The van der Waals surface area contributed by atoms with Gasteiger partial charge in [-0.2, -0.15) is 0 Å². The maximum absolute atomic E-state index is 3.72. The molecule has 0 radical (unpaired) electrons. The van der Waals surface area contributed by atoms with E-state index in [0.29, 0.717) is 0 Å². The average Bonchev–Trinajstić information content (AvgIpc) is 2.74. The molecule has 0 bridgehead atoms. The molecule has 2 rings (SSSR count). The largest absolute Gasteiger partial charge is 0.306 e. The second-order valence-corrected chi connectivity index (χ2v) is 7.39. The molecule has 2 aromatic rings. The molecule has 20 heavy (non-hydrogen) atoms. The van der Waals surface area contributed by atoms with Gasteiger partial charge in [-0.1, -0.05) is 25.1 Å². The summed E-state index contributed by atoms with van der Waals surface area (Å²) in [7, 11) is 0. The van der Waals surface area contributed by atoms with Crippen LogP contribution < -0.4 is 5.32 Å². The van der Waals surface area contributed by atoms with Crippen molar-refractivity contribution in [2.75, 3.05) is 6.54 Å². The average molecular weight is 352 g/mol. The molecule has 0 amide bonds. The molecule has 0 spiro atoms. The molecule has 1 aromatic heterocycles. The lowest BCUT2D eigenvalue weighted by Crippen LogP contribution is -2.23. The van der Waals surface area contributed by atoms with Crippen molar-refractivity contribution in [2.45, 2.75) is 40.2 Å². The summed E-state index contributed by atoms with van der Waals surface area (Å²) < 4.78 is 1.22. The van der Waals surface area contributed by atoms with Crippen LogP contribution in [0.1, 0.15) is 45.8 Å². The van der Waals surface area contributed by atoms with Gasteiger partial charge in [0.05, 0.1) is 6.04 Å². The van der Waals surface area contributed by atoms with E-state index < -0.39 is 0 Å². The van der Waals surface area contributed by atoms with Gasteiger partial charge >= 0.3 is 0 Å². The van der Waals surface area contributed by atoms with E-state index >= 15 is 0 Å². The molecule has 1 N–H and O–H groups in total. The zero-order chi connectivity index (χ0) is 14.7. The Morgan fingerprint density at radius 1 is 1.25 bits per heavy atom.